The van der Waals surface area contributed by atoms with E-state index in [9.17, 15) is 0 Å². The van der Waals surface area contributed by atoms with Gasteiger partial charge in [0.25, 0.3) is 0 Å². The first kappa shape index (κ1) is 17.3. The highest BCUT2D eigenvalue weighted by atomic mass is 16.5. The first-order valence-electron chi connectivity index (χ1n) is 8.26. The lowest BCUT2D eigenvalue weighted by Crippen LogP contribution is -2.41. The van der Waals surface area contributed by atoms with E-state index in [0.717, 1.165) is 31.7 Å². The van der Waals surface area contributed by atoms with Crippen LogP contribution in [-0.2, 0) is 4.74 Å². The van der Waals surface area contributed by atoms with Gasteiger partial charge < -0.3 is 15.2 Å². The molecule has 0 aliphatic carbocycles. The molecule has 22 heavy (non-hydrogen) atoms. The molecule has 1 heterocycles. The fourth-order valence-corrected chi connectivity index (χ4v) is 3.16. The van der Waals surface area contributed by atoms with Crippen molar-refractivity contribution in [1.29, 1.82) is 0 Å². The van der Waals surface area contributed by atoms with Gasteiger partial charge in [-0.15, -0.1) is 0 Å². The number of likely N-dealkylation sites (tertiary alicyclic amines) is 1. The summed E-state index contributed by atoms with van der Waals surface area (Å²) in [6.07, 6.45) is 2.20. The molecule has 2 rings (SSSR count). The quantitative estimate of drug-likeness (QED) is 0.821. The Morgan fingerprint density at radius 2 is 1.86 bits per heavy atom. The van der Waals surface area contributed by atoms with Crippen molar-refractivity contribution in [3.8, 4) is 5.75 Å². The Morgan fingerprint density at radius 3 is 2.50 bits per heavy atom. The molecule has 2 N–H and O–H groups in total. The Labute approximate surface area is 134 Å². The predicted octanol–water partition coefficient (Wildman–Crippen LogP) is 2.81. The molecule has 0 spiro atoms. The normalized spacial score (nSPS) is 18.4. The standard InChI is InChI=1S/C18H30N2O2/c1-13-14(2)18(22-12-11-21-4)6-5-17(13)15(3)20-9-7-16(19)8-10-20/h5-6,15-16H,7-12,19H2,1-4H3. The SMILES string of the molecule is COCCOc1ccc(C(C)N2CCC(N)CC2)c(C)c1C. The Hall–Kier alpha value is -1.10. The zero-order chi connectivity index (χ0) is 16.1. The molecule has 1 aromatic carbocycles. The van der Waals surface area contributed by atoms with Crippen molar-refractivity contribution >= 4 is 0 Å². The summed E-state index contributed by atoms with van der Waals surface area (Å²) in [6.45, 7) is 10.0. The molecule has 1 aromatic rings. The molecule has 1 unspecified atom stereocenters. The minimum atomic E-state index is 0.378. The number of methoxy groups -OCH3 is 1. The molecular formula is C18H30N2O2. The van der Waals surface area contributed by atoms with Gasteiger partial charge in [0.2, 0.25) is 0 Å². The van der Waals surface area contributed by atoms with Crippen molar-refractivity contribution < 1.29 is 9.47 Å². The van der Waals surface area contributed by atoms with Crippen LogP contribution in [0.2, 0.25) is 0 Å². The summed E-state index contributed by atoms with van der Waals surface area (Å²) in [5.74, 6) is 0.964. The highest BCUT2D eigenvalue weighted by Gasteiger charge is 2.23. The molecule has 0 amide bonds. The number of ether oxygens (including phenoxy) is 2. The van der Waals surface area contributed by atoms with Gasteiger partial charge in [-0.25, -0.2) is 0 Å². The summed E-state index contributed by atoms with van der Waals surface area (Å²) >= 11 is 0. The van der Waals surface area contributed by atoms with E-state index in [4.69, 9.17) is 15.2 Å². The predicted molar refractivity (Wildman–Crippen MR) is 90.5 cm³/mol. The summed E-state index contributed by atoms with van der Waals surface area (Å²) in [5, 5.41) is 0. The molecule has 1 aliphatic heterocycles. The van der Waals surface area contributed by atoms with Crippen LogP contribution in [0.15, 0.2) is 12.1 Å². The van der Waals surface area contributed by atoms with Crippen molar-refractivity contribution in [3.63, 3.8) is 0 Å². The smallest absolute Gasteiger partial charge is 0.122 e. The molecular weight excluding hydrogens is 276 g/mol. The van der Waals surface area contributed by atoms with Crippen LogP contribution in [0.4, 0.5) is 0 Å². The molecule has 1 atom stereocenters. The Bertz CT molecular complexity index is 482. The molecule has 124 valence electrons. The molecule has 0 radical (unpaired) electrons. The van der Waals surface area contributed by atoms with Crippen molar-refractivity contribution in [2.75, 3.05) is 33.4 Å². The van der Waals surface area contributed by atoms with Gasteiger partial charge in [-0.05, 0) is 56.4 Å². The summed E-state index contributed by atoms with van der Waals surface area (Å²) in [4.78, 5) is 2.54. The fraction of sp³-hybridized carbons (Fsp3) is 0.667. The largest absolute Gasteiger partial charge is 0.491 e. The zero-order valence-electron chi connectivity index (χ0n) is 14.4. The van der Waals surface area contributed by atoms with Crippen LogP contribution in [0.3, 0.4) is 0 Å². The van der Waals surface area contributed by atoms with Crippen LogP contribution in [0, 0.1) is 13.8 Å². The second kappa shape index (κ2) is 7.95. The number of benzene rings is 1. The minimum absolute atomic E-state index is 0.378. The van der Waals surface area contributed by atoms with E-state index < -0.39 is 0 Å². The summed E-state index contributed by atoms with van der Waals surface area (Å²) in [7, 11) is 1.69. The van der Waals surface area contributed by atoms with Crippen LogP contribution in [0.5, 0.6) is 5.75 Å². The van der Waals surface area contributed by atoms with E-state index in [0.29, 0.717) is 25.3 Å². The van der Waals surface area contributed by atoms with Crippen molar-refractivity contribution in [2.24, 2.45) is 5.73 Å². The van der Waals surface area contributed by atoms with E-state index in [2.05, 4.69) is 37.8 Å². The zero-order valence-corrected chi connectivity index (χ0v) is 14.4. The van der Waals surface area contributed by atoms with Crippen LogP contribution in [-0.4, -0.2) is 44.4 Å². The van der Waals surface area contributed by atoms with Crippen molar-refractivity contribution in [2.45, 2.75) is 45.7 Å². The first-order chi connectivity index (χ1) is 10.5. The van der Waals surface area contributed by atoms with E-state index in [1.165, 1.54) is 16.7 Å². The molecule has 0 bridgehead atoms. The second-order valence-electron chi connectivity index (χ2n) is 6.29. The lowest BCUT2D eigenvalue weighted by Gasteiger charge is -2.36. The van der Waals surface area contributed by atoms with E-state index in [1.54, 1.807) is 7.11 Å². The first-order valence-corrected chi connectivity index (χ1v) is 8.26. The van der Waals surface area contributed by atoms with Gasteiger partial charge in [0.05, 0.1) is 6.61 Å². The average molecular weight is 306 g/mol. The lowest BCUT2D eigenvalue weighted by molar-refractivity contribution is 0.145. The fourth-order valence-electron chi connectivity index (χ4n) is 3.16. The summed E-state index contributed by atoms with van der Waals surface area (Å²) in [6, 6.07) is 5.12. The molecule has 0 aromatic heterocycles. The number of nitrogens with zero attached hydrogens (tertiary/aromatic N) is 1. The number of rotatable bonds is 6. The third-order valence-corrected chi connectivity index (χ3v) is 4.90. The second-order valence-corrected chi connectivity index (χ2v) is 6.29. The Kier molecular flexibility index (Phi) is 6.24. The molecule has 1 saturated heterocycles. The van der Waals surface area contributed by atoms with Gasteiger partial charge in [-0.2, -0.15) is 0 Å². The molecule has 0 saturated carbocycles. The van der Waals surface area contributed by atoms with Gasteiger partial charge in [-0.3, -0.25) is 4.90 Å². The van der Waals surface area contributed by atoms with Gasteiger partial charge >= 0.3 is 0 Å². The van der Waals surface area contributed by atoms with Crippen LogP contribution in [0.25, 0.3) is 0 Å². The van der Waals surface area contributed by atoms with E-state index in [-0.39, 0.29) is 0 Å². The molecule has 1 fully saturated rings. The number of hydrogen-bond acceptors (Lipinski definition) is 4. The van der Waals surface area contributed by atoms with Crippen LogP contribution >= 0.6 is 0 Å². The maximum Gasteiger partial charge on any atom is 0.122 e. The molecule has 4 heteroatoms. The van der Waals surface area contributed by atoms with Crippen molar-refractivity contribution in [1.82, 2.24) is 4.90 Å². The monoisotopic (exact) mass is 306 g/mol. The van der Waals surface area contributed by atoms with Gasteiger partial charge in [-0.1, -0.05) is 6.07 Å². The minimum Gasteiger partial charge on any atom is -0.491 e. The number of nitrogens with two attached hydrogens (primary N) is 1. The highest BCUT2D eigenvalue weighted by Crippen LogP contribution is 2.31. The maximum absolute atomic E-state index is 6.01. The van der Waals surface area contributed by atoms with Crippen LogP contribution < -0.4 is 10.5 Å². The summed E-state index contributed by atoms with van der Waals surface area (Å²) < 4.78 is 10.8. The highest BCUT2D eigenvalue weighted by molar-refractivity contribution is 5.44. The third-order valence-electron chi connectivity index (χ3n) is 4.90. The molecule has 4 nitrogen and oxygen atoms in total. The number of hydrogen-bond donors (Lipinski definition) is 1. The van der Waals surface area contributed by atoms with E-state index in [1.807, 2.05) is 0 Å². The lowest BCUT2D eigenvalue weighted by atomic mass is 9.94. The molecule has 1 aliphatic rings. The Balaban J connectivity index is 2.09. The van der Waals surface area contributed by atoms with Gasteiger partial charge in [0, 0.05) is 32.3 Å². The summed E-state index contributed by atoms with van der Waals surface area (Å²) in [5.41, 5.74) is 9.97. The number of piperidine rings is 1. The van der Waals surface area contributed by atoms with Gasteiger partial charge in [0.15, 0.2) is 0 Å². The van der Waals surface area contributed by atoms with Crippen molar-refractivity contribution in [3.05, 3.63) is 28.8 Å². The maximum atomic E-state index is 6.01. The van der Waals surface area contributed by atoms with Gasteiger partial charge in [0.1, 0.15) is 12.4 Å². The topological polar surface area (TPSA) is 47.7 Å². The van der Waals surface area contributed by atoms with E-state index >= 15 is 0 Å². The average Bonchev–Trinajstić information content (AvgIpc) is 2.52. The Morgan fingerprint density at radius 1 is 1.18 bits per heavy atom. The third kappa shape index (κ3) is 4.00. The van der Waals surface area contributed by atoms with Crippen LogP contribution in [0.1, 0.15) is 42.5 Å².